The number of nitrogens with one attached hydrogen (secondary N) is 1. The lowest BCUT2D eigenvalue weighted by molar-refractivity contribution is -0.384. The van der Waals surface area contributed by atoms with Gasteiger partial charge in [-0.1, -0.05) is 24.3 Å². The van der Waals surface area contributed by atoms with Gasteiger partial charge in [-0.15, -0.1) is 0 Å². The van der Waals surface area contributed by atoms with Gasteiger partial charge in [-0.05, 0) is 29.7 Å². The Balaban J connectivity index is 1.54. The Morgan fingerprint density at radius 2 is 1.78 bits per heavy atom. The number of non-ortho nitro benzene ring substituents is 1. The number of hydrogen-bond donors (Lipinski definition) is 1. The highest BCUT2D eigenvalue weighted by molar-refractivity contribution is 7.89. The van der Waals surface area contributed by atoms with E-state index in [4.69, 9.17) is 0 Å². The van der Waals surface area contributed by atoms with Crippen LogP contribution in [0.3, 0.4) is 0 Å². The summed E-state index contributed by atoms with van der Waals surface area (Å²) in [6.45, 7) is 1.12. The number of hydrogen-bond acceptors (Lipinski definition) is 5. The predicted octanol–water partition coefficient (Wildman–Crippen LogP) is 1.85. The average molecular weight is 389 g/mol. The van der Waals surface area contributed by atoms with Gasteiger partial charge in [0.25, 0.3) is 5.69 Å². The number of nitro groups is 1. The summed E-state index contributed by atoms with van der Waals surface area (Å²) in [4.78, 5) is 24.1. The van der Waals surface area contributed by atoms with Gasteiger partial charge in [-0.2, -0.15) is 0 Å². The summed E-state index contributed by atoms with van der Waals surface area (Å²) in [7, 11) is -3.82. The Labute approximate surface area is 157 Å². The number of fused-ring (bicyclic) bond motifs is 1. The van der Waals surface area contributed by atoms with Crippen LogP contribution in [0.5, 0.6) is 0 Å². The van der Waals surface area contributed by atoms with E-state index in [1.807, 2.05) is 18.2 Å². The van der Waals surface area contributed by atoms with Crippen LogP contribution >= 0.6 is 0 Å². The van der Waals surface area contributed by atoms with Crippen molar-refractivity contribution in [3.05, 3.63) is 69.8 Å². The molecule has 1 aliphatic rings. The van der Waals surface area contributed by atoms with Gasteiger partial charge >= 0.3 is 0 Å². The molecule has 2 aromatic rings. The Bertz CT molecular complexity index is 957. The first-order chi connectivity index (χ1) is 12.9. The first-order valence-corrected chi connectivity index (χ1v) is 9.94. The highest BCUT2D eigenvalue weighted by Gasteiger charge is 2.21. The van der Waals surface area contributed by atoms with Crippen molar-refractivity contribution in [2.75, 3.05) is 13.1 Å². The standard InChI is InChI=1S/C18H19N3O5S/c22-18(20-12-10-14-3-1-2-4-15(14)13-20)9-11-19-27(25,26)17-7-5-16(6-8-17)21(23)24/h1-8,19H,9-13H2. The highest BCUT2D eigenvalue weighted by atomic mass is 32.2. The smallest absolute Gasteiger partial charge is 0.269 e. The largest absolute Gasteiger partial charge is 0.338 e. The van der Waals surface area contributed by atoms with E-state index >= 15 is 0 Å². The summed E-state index contributed by atoms with van der Waals surface area (Å²) in [5.74, 6) is -0.115. The van der Waals surface area contributed by atoms with Crippen molar-refractivity contribution in [3.63, 3.8) is 0 Å². The van der Waals surface area contributed by atoms with Crippen LogP contribution < -0.4 is 4.72 Å². The summed E-state index contributed by atoms with van der Waals surface area (Å²) in [6, 6.07) is 12.6. The van der Waals surface area contributed by atoms with Crippen LogP contribution in [0.1, 0.15) is 17.5 Å². The number of rotatable bonds is 6. The zero-order valence-electron chi connectivity index (χ0n) is 14.5. The Morgan fingerprint density at radius 3 is 2.44 bits per heavy atom. The fourth-order valence-electron chi connectivity index (χ4n) is 2.99. The molecule has 8 nitrogen and oxygen atoms in total. The van der Waals surface area contributed by atoms with Crippen LogP contribution in [0.25, 0.3) is 0 Å². The van der Waals surface area contributed by atoms with Gasteiger partial charge in [-0.25, -0.2) is 13.1 Å². The normalized spacial score (nSPS) is 13.9. The van der Waals surface area contributed by atoms with Crippen molar-refractivity contribution < 1.29 is 18.1 Å². The molecule has 0 fully saturated rings. The third-order valence-electron chi connectivity index (χ3n) is 4.47. The van der Waals surface area contributed by atoms with Crippen molar-refractivity contribution in [2.45, 2.75) is 24.3 Å². The first kappa shape index (κ1) is 19.0. The molecule has 0 atom stereocenters. The lowest BCUT2D eigenvalue weighted by Crippen LogP contribution is -2.38. The van der Waals surface area contributed by atoms with Crippen molar-refractivity contribution in [1.29, 1.82) is 0 Å². The molecule has 1 aliphatic heterocycles. The van der Waals surface area contributed by atoms with E-state index in [0.29, 0.717) is 13.1 Å². The molecule has 1 N–H and O–H groups in total. The Morgan fingerprint density at radius 1 is 1.11 bits per heavy atom. The van der Waals surface area contributed by atoms with Gasteiger partial charge in [-0.3, -0.25) is 14.9 Å². The zero-order valence-corrected chi connectivity index (χ0v) is 15.3. The molecule has 9 heteroatoms. The average Bonchev–Trinajstić information content (AvgIpc) is 2.67. The van der Waals surface area contributed by atoms with Crippen molar-refractivity contribution in [3.8, 4) is 0 Å². The first-order valence-electron chi connectivity index (χ1n) is 8.45. The molecule has 0 aromatic heterocycles. The lowest BCUT2D eigenvalue weighted by Gasteiger charge is -2.29. The Hall–Kier alpha value is -2.78. The van der Waals surface area contributed by atoms with Crippen LogP contribution in [0, 0.1) is 10.1 Å². The molecule has 0 bridgehead atoms. The lowest BCUT2D eigenvalue weighted by atomic mass is 10.00. The van der Waals surface area contributed by atoms with Crippen molar-refractivity contribution in [1.82, 2.24) is 9.62 Å². The fourth-order valence-corrected chi connectivity index (χ4v) is 4.02. The molecule has 1 heterocycles. The van der Waals surface area contributed by atoms with Crippen LogP contribution in [0.4, 0.5) is 5.69 Å². The number of carbonyl (C=O) groups is 1. The maximum Gasteiger partial charge on any atom is 0.269 e. The molecule has 1 amide bonds. The van der Waals surface area contributed by atoms with Gasteiger partial charge in [0.05, 0.1) is 9.82 Å². The van der Waals surface area contributed by atoms with E-state index in [1.165, 1.54) is 17.7 Å². The number of benzene rings is 2. The number of carbonyl (C=O) groups excluding carboxylic acids is 1. The van der Waals surface area contributed by atoms with Gasteiger partial charge < -0.3 is 4.90 Å². The van der Waals surface area contributed by atoms with E-state index in [1.54, 1.807) is 4.90 Å². The molecule has 0 aliphatic carbocycles. The van der Waals surface area contributed by atoms with Crippen molar-refractivity contribution in [2.24, 2.45) is 0 Å². The molecule has 0 saturated heterocycles. The second-order valence-electron chi connectivity index (χ2n) is 6.23. The molecular formula is C18H19N3O5S. The highest BCUT2D eigenvalue weighted by Crippen LogP contribution is 2.19. The van der Waals surface area contributed by atoms with Crippen LogP contribution in [0.2, 0.25) is 0 Å². The minimum Gasteiger partial charge on any atom is -0.338 e. The van der Waals surface area contributed by atoms with E-state index in [-0.39, 0.29) is 29.5 Å². The van der Waals surface area contributed by atoms with Crippen LogP contribution in [-0.2, 0) is 27.8 Å². The third-order valence-corrected chi connectivity index (χ3v) is 5.95. The molecule has 0 radical (unpaired) electrons. The topological polar surface area (TPSA) is 110 Å². The summed E-state index contributed by atoms with van der Waals surface area (Å²) < 4.78 is 26.8. The molecule has 2 aromatic carbocycles. The number of nitro benzene ring substituents is 1. The maximum absolute atomic E-state index is 12.4. The number of amides is 1. The van der Waals surface area contributed by atoms with E-state index in [9.17, 15) is 23.3 Å². The quantitative estimate of drug-likeness (QED) is 0.599. The van der Waals surface area contributed by atoms with Gasteiger partial charge in [0, 0.05) is 38.2 Å². The summed E-state index contributed by atoms with van der Waals surface area (Å²) in [5, 5.41) is 10.6. The predicted molar refractivity (Wildman–Crippen MR) is 98.5 cm³/mol. The molecule has 3 rings (SSSR count). The van der Waals surface area contributed by atoms with E-state index in [2.05, 4.69) is 10.8 Å². The molecule has 0 spiro atoms. The molecule has 0 saturated carbocycles. The molecule has 0 unspecified atom stereocenters. The second kappa shape index (κ2) is 7.85. The number of sulfonamides is 1. The number of nitrogens with zero attached hydrogens (tertiary/aromatic N) is 2. The van der Waals surface area contributed by atoms with Crippen molar-refractivity contribution >= 4 is 21.6 Å². The minimum atomic E-state index is -3.82. The van der Waals surface area contributed by atoms with Gasteiger partial charge in [0.2, 0.25) is 15.9 Å². The van der Waals surface area contributed by atoms with Crippen LogP contribution in [0.15, 0.2) is 53.4 Å². The third kappa shape index (κ3) is 4.50. The molecular weight excluding hydrogens is 370 g/mol. The molecule has 27 heavy (non-hydrogen) atoms. The van der Waals surface area contributed by atoms with Crippen LogP contribution in [-0.4, -0.2) is 37.2 Å². The fraction of sp³-hybridized carbons (Fsp3) is 0.278. The monoisotopic (exact) mass is 389 g/mol. The van der Waals surface area contributed by atoms with E-state index < -0.39 is 14.9 Å². The van der Waals surface area contributed by atoms with Gasteiger partial charge in [0.1, 0.15) is 0 Å². The summed E-state index contributed by atoms with van der Waals surface area (Å²) >= 11 is 0. The second-order valence-corrected chi connectivity index (χ2v) is 8.00. The summed E-state index contributed by atoms with van der Waals surface area (Å²) in [6.07, 6.45) is 0.838. The summed E-state index contributed by atoms with van der Waals surface area (Å²) in [5.41, 5.74) is 2.17. The van der Waals surface area contributed by atoms with Gasteiger partial charge in [0.15, 0.2) is 0 Å². The maximum atomic E-state index is 12.4. The molecule has 142 valence electrons. The van der Waals surface area contributed by atoms with E-state index in [0.717, 1.165) is 24.1 Å². The zero-order chi connectivity index (χ0) is 19.4. The minimum absolute atomic E-state index is 0.0314. The Kier molecular flexibility index (Phi) is 5.52. The SMILES string of the molecule is O=C(CCNS(=O)(=O)c1ccc([N+](=O)[O-])cc1)N1CCc2ccccc2C1.